The van der Waals surface area contributed by atoms with E-state index in [-0.39, 0.29) is 11.6 Å². The maximum atomic E-state index is 12.6. The molecule has 5 rings (SSSR count). The number of rotatable bonds is 7. The third-order valence-electron chi connectivity index (χ3n) is 6.03. The van der Waals surface area contributed by atoms with Gasteiger partial charge in [-0.25, -0.2) is 0 Å². The molecule has 0 atom stereocenters. The number of halogens is 1. The number of benzene rings is 2. The van der Waals surface area contributed by atoms with Crippen LogP contribution in [0.4, 0.5) is 5.69 Å². The van der Waals surface area contributed by atoms with Gasteiger partial charge in [0.25, 0.3) is 5.91 Å². The first-order valence-electron chi connectivity index (χ1n) is 11.4. The van der Waals surface area contributed by atoms with Gasteiger partial charge in [0.05, 0.1) is 12.6 Å². The average molecular weight is 477 g/mol. The topological polar surface area (TPSA) is 89.3 Å². The summed E-state index contributed by atoms with van der Waals surface area (Å²) < 4.78 is 10.6. The Bertz CT molecular complexity index is 1350. The number of anilines is 1. The zero-order valence-corrected chi connectivity index (χ0v) is 19.6. The molecule has 0 bridgehead atoms. The molecule has 2 N–H and O–H groups in total. The van der Waals surface area contributed by atoms with Crippen LogP contribution in [0.15, 0.2) is 53.1 Å². The van der Waals surface area contributed by atoms with Crippen molar-refractivity contribution in [3.63, 3.8) is 0 Å². The molecular weight excluding hydrogens is 452 g/mol. The predicted molar refractivity (Wildman–Crippen MR) is 133 cm³/mol. The van der Waals surface area contributed by atoms with Gasteiger partial charge in [0.15, 0.2) is 11.5 Å². The molecule has 0 saturated carbocycles. The number of carbonyl (C=O) groups excluding carboxylic acids is 1. The van der Waals surface area contributed by atoms with Crippen molar-refractivity contribution in [2.75, 3.05) is 25.5 Å². The summed E-state index contributed by atoms with van der Waals surface area (Å²) in [7, 11) is 1.60. The largest absolute Gasteiger partial charge is 0.497 e. The zero-order chi connectivity index (χ0) is 23.5. The fraction of sp³-hybridized carbons (Fsp3) is 0.269. The number of amides is 1. The first-order valence-corrected chi connectivity index (χ1v) is 11.7. The minimum Gasteiger partial charge on any atom is -0.497 e. The summed E-state index contributed by atoms with van der Waals surface area (Å²) in [6.45, 7) is 1.01. The number of aromatic nitrogens is 2. The van der Waals surface area contributed by atoms with E-state index in [1.807, 2.05) is 42.5 Å². The molecule has 2 heterocycles. The zero-order valence-electron chi connectivity index (χ0n) is 18.9. The average Bonchev–Trinajstić information content (AvgIpc) is 3.36. The lowest BCUT2D eigenvalue weighted by atomic mass is 9.92. The van der Waals surface area contributed by atoms with Crippen LogP contribution in [0, 0.1) is 0 Å². The van der Waals surface area contributed by atoms with Crippen molar-refractivity contribution in [3.8, 4) is 17.1 Å². The van der Waals surface area contributed by atoms with Crippen LogP contribution >= 0.6 is 11.6 Å². The molecule has 174 valence electrons. The van der Waals surface area contributed by atoms with E-state index >= 15 is 0 Å². The van der Waals surface area contributed by atoms with Crippen molar-refractivity contribution in [1.29, 1.82) is 0 Å². The molecule has 7 nitrogen and oxygen atoms in total. The van der Waals surface area contributed by atoms with Crippen LogP contribution in [-0.2, 0) is 12.8 Å². The van der Waals surface area contributed by atoms with Crippen molar-refractivity contribution in [3.05, 3.63) is 70.5 Å². The minimum absolute atomic E-state index is 0.235. The van der Waals surface area contributed by atoms with E-state index in [2.05, 4.69) is 15.8 Å². The van der Waals surface area contributed by atoms with E-state index in [0.717, 1.165) is 53.5 Å². The minimum atomic E-state index is -0.284. The Labute approximate surface area is 202 Å². The molecule has 4 aromatic rings. The van der Waals surface area contributed by atoms with Crippen molar-refractivity contribution < 1.29 is 14.1 Å². The second-order valence-corrected chi connectivity index (χ2v) is 8.71. The summed E-state index contributed by atoms with van der Waals surface area (Å²) in [5.74, 6) is 0.933. The molecule has 0 saturated heterocycles. The van der Waals surface area contributed by atoms with Gasteiger partial charge in [-0.15, -0.1) is 0 Å². The Balaban J connectivity index is 1.25. The van der Waals surface area contributed by atoms with Gasteiger partial charge < -0.3 is 19.9 Å². The molecule has 0 radical (unpaired) electrons. The SMILES string of the molecule is COc1cccc(-c2cc(C(=O)NCCNc3c4c(nc5cc(Cl)ccc35)CCCC4)no2)c1. The van der Waals surface area contributed by atoms with E-state index in [4.69, 9.17) is 25.8 Å². The van der Waals surface area contributed by atoms with E-state index in [9.17, 15) is 4.79 Å². The quantitative estimate of drug-likeness (QED) is 0.353. The van der Waals surface area contributed by atoms with E-state index in [1.165, 1.54) is 5.56 Å². The number of hydrogen-bond acceptors (Lipinski definition) is 6. The summed E-state index contributed by atoms with van der Waals surface area (Å²) in [5.41, 5.74) is 5.42. The molecule has 0 aliphatic heterocycles. The van der Waals surface area contributed by atoms with Crippen LogP contribution < -0.4 is 15.4 Å². The lowest BCUT2D eigenvalue weighted by Gasteiger charge is -2.22. The maximum Gasteiger partial charge on any atom is 0.273 e. The lowest BCUT2D eigenvalue weighted by molar-refractivity contribution is 0.0946. The molecule has 34 heavy (non-hydrogen) atoms. The summed E-state index contributed by atoms with van der Waals surface area (Å²) in [5, 5.41) is 12.1. The lowest BCUT2D eigenvalue weighted by Crippen LogP contribution is -2.29. The standard InChI is InChI=1S/C26H25ClN4O3/c1-33-18-6-4-5-16(13-18)24-15-23(31-34-24)26(32)29-12-11-28-25-19-7-2-3-8-21(19)30-22-14-17(27)9-10-20(22)25/h4-6,9-10,13-15H,2-3,7-8,11-12H2,1H3,(H,28,30)(H,29,32). The van der Waals surface area contributed by atoms with Crippen LogP contribution in [-0.4, -0.2) is 36.2 Å². The second kappa shape index (κ2) is 9.73. The van der Waals surface area contributed by atoms with E-state index in [0.29, 0.717) is 29.6 Å². The fourth-order valence-corrected chi connectivity index (χ4v) is 4.52. The highest BCUT2D eigenvalue weighted by atomic mass is 35.5. The molecule has 0 spiro atoms. The van der Waals surface area contributed by atoms with Gasteiger partial charge in [0.2, 0.25) is 0 Å². The van der Waals surface area contributed by atoms with Gasteiger partial charge in [-0.1, -0.05) is 28.9 Å². The number of carbonyl (C=O) groups is 1. The molecule has 1 aliphatic carbocycles. The van der Waals surface area contributed by atoms with E-state index < -0.39 is 0 Å². The van der Waals surface area contributed by atoms with Crippen LogP contribution in [0.2, 0.25) is 5.02 Å². The Morgan fingerprint density at radius 1 is 1.12 bits per heavy atom. The number of methoxy groups -OCH3 is 1. The number of ether oxygens (including phenoxy) is 1. The molecule has 1 aliphatic rings. The summed E-state index contributed by atoms with van der Waals surface area (Å²) >= 11 is 6.20. The Morgan fingerprint density at radius 3 is 2.88 bits per heavy atom. The maximum absolute atomic E-state index is 12.6. The first kappa shape index (κ1) is 22.2. The number of nitrogens with one attached hydrogen (secondary N) is 2. The summed E-state index contributed by atoms with van der Waals surface area (Å²) in [6, 6.07) is 14.8. The smallest absolute Gasteiger partial charge is 0.273 e. The molecular formula is C26H25ClN4O3. The molecule has 0 fully saturated rings. The summed E-state index contributed by atoms with van der Waals surface area (Å²) in [6.07, 6.45) is 4.28. The highest BCUT2D eigenvalue weighted by Gasteiger charge is 2.19. The van der Waals surface area contributed by atoms with Crippen LogP contribution in [0.3, 0.4) is 0 Å². The monoisotopic (exact) mass is 476 g/mol. The van der Waals surface area contributed by atoms with Crippen molar-refractivity contribution in [2.24, 2.45) is 0 Å². The van der Waals surface area contributed by atoms with Gasteiger partial charge in [-0.3, -0.25) is 9.78 Å². The van der Waals surface area contributed by atoms with Gasteiger partial charge >= 0.3 is 0 Å². The molecule has 2 aromatic carbocycles. The van der Waals surface area contributed by atoms with Gasteiger partial charge in [0.1, 0.15) is 5.75 Å². The van der Waals surface area contributed by atoms with Gasteiger partial charge in [0, 0.05) is 46.5 Å². The van der Waals surface area contributed by atoms with Crippen LogP contribution in [0.1, 0.15) is 34.6 Å². The molecule has 8 heteroatoms. The number of hydrogen-bond donors (Lipinski definition) is 2. The molecule has 2 aromatic heterocycles. The number of nitrogens with zero attached hydrogens (tertiary/aromatic N) is 2. The van der Waals surface area contributed by atoms with Gasteiger partial charge in [-0.2, -0.15) is 0 Å². The van der Waals surface area contributed by atoms with Crippen molar-refractivity contribution in [2.45, 2.75) is 25.7 Å². The van der Waals surface area contributed by atoms with Gasteiger partial charge in [-0.05, 0) is 61.6 Å². The highest BCUT2D eigenvalue weighted by Crippen LogP contribution is 2.34. The normalized spacial score (nSPS) is 12.9. The first-order chi connectivity index (χ1) is 16.6. The van der Waals surface area contributed by atoms with E-state index in [1.54, 1.807) is 13.2 Å². The second-order valence-electron chi connectivity index (χ2n) is 8.27. The van der Waals surface area contributed by atoms with Crippen LogP contribution in [0.5, 0.6) is 5.75 Å². The van der Waals surface area contributed by atoms with Crippen molar-refractivity contribution >= 4 is 34.1 Å². The Hall–Kier alpha value is -3.58. The third-order valence-corrected chi connectivity index (χ3v) is 6.27. The Kier molecular flexibility index (Phi) is 6.36. The van der Waals surface area contributed by atoms with Crippen molar-refractivity contribution in [1.82, 2.24) is 15.5 Å². The fourth-order valence-electron chi connectivity index (χ4n) is 4.35. The predicted octanol–water partition coefficient (Wildman–Crippen LogP) is 5.27. The molecule has 0 unspecified atom stereocenters. The number of aryl methyl sites for hydroxylation is 1. The third kappa shape index (κ3) is 4.56. The van der Waals surface area contributed by atoms with Crippen LogP contribution in [0.25, 0.3) is 22.2 Å². The highest BCUT2D eigenvalue weighted by molar-refractivity contribution is 6.31. The number of fused-ring (bicyclic) bond motifs is 2. The summed E-state index contributed by atoms with van der Waals surface area (Å²) in [4.78, 5) is 17.4. The molecule has 1 amide bonds. The number of pyridine rings is 1. The Morgan fingerprint density at radius 2 is 2.00 bits per heavy atom.